The van der Waals surface area contributed by atoms with E-state index < -0.39 is 0 Å². The molecule has 4 rings (SSSR count). The minimum Gasteiger partial charge on any atom is -0.333 e. The molecule has 0 radical (unpaired) electrons. The predicted molar refractivity (Wildman–Crippen MR) is 238 cm³/mol. The van der Waals surface area contributed by atoms with Gasteiger partial charge in [0.05, 0.1) is 17.3 Å². The summed E-state index contributed by atoms with van der Waals surface area (Å²) in [7, 11) is 0. The molecule has 0 spiro atoms. The van der Waals surface area contributed by atoms with Gasteiger partial charge in [0.25, 0.3) is 0 Å². The first-order valence-electron chi connectivity index (χ1n) is 19.0. The number of alkyl halides is 1. The molecule has 0 bridgehead atoms. The quantitative estimate of drug-likeness (QED) is 0.0247. The van der Waals surface area contributed by atoms with Gasteiger partial charge in [0.2, 0.25) is 0 Å². The molecule has 2 aromatic heterocycles. The van der Waals surface area contributed by atoms with Crippen LogP contribution in [0.5, 0.6) is 5.75 Å². The van der Waals surface area contributed by atoms with E-state index in [1.807, 2.05) is 31.8 Å². The standard InChI is InChI=1S/C20H31N.C19H24ClN3O.C2H6.C2H4.CH5IN.H2OS/c1-8-15(6)20(21-19(10-3)18-11-12-18)16(7)13-17(9-2)14(4)5;1-4-5-13(9-21)16-8-15-11(2)10-24-19(15)18(23-16)14-6-7-22-12(3)17(14)20;2*1-2;1-2-3;1-2/h9-10,13,15,18H,4,8,11-12H2,1-3,5-7H3;6-8,11,13H,4-5,9-10,21H2,1-3H3;1-2H3;1-2H2;3H2,1H3;1-2H/q;;;;-1;/b16-13-,17-9+,19-10-,21-20-;;;;;. The fraction of sp³-hybridized carbons (Fsp3) is 0.523. The van der Waals surface area contributed by atoms with E-state index in [1.165, 1.54) is 41.0 Å². The molecule has 1 aliphatic carbocycles. The average molecular weight is 898 g/mol. The molecule has 1 fully saturated rings. The van der Waals surface area contributed by atoms with Gasteiger partial charge in [-0.15, -0.1) is 13.2 Å². The third kappa shape index (κ3) is 17.2. The van der Waals surface area contributed by atoms with Gasteiger partial charge in [-0.1, -0.05) is 89.9 Å². The number of thiol groups is 1. The smallest absolute Gasteiger partial charge is 0.0295 e. The maximum atomic E-state index is 6.69. The first-order valence-corrected chi connectivity index (χ1v) is 23.2. The van der Waals surface area contributed by atoms with Crippen molar-refractivity contribution in [2.24, 2.45) is 26.5 Å². The van der Waals surface area contributed by atoms with Crippen molar-refractivity contribution in [2.75, 3.05) is 18.1 Å². The van der Waals surface area contributed by atoms with Crippen molar-refractivity contribution in [3.05, 3.63) is 101 Å². The zero-order valence-electron chi connectivity index (χ0n) is 35.4. The van der Waals surface area contributed by atoms with E-state index >= 15 is 0 Å². The van der Waals surface area contributed by atoms with Gasteiger partial charge in [-0.2, -0.15) is 0 Å². The van der Waals surface area contributed by atoms with Crippen LogP contribution in [-0.4, -0.2) is 38.3 Å². The van der Waals surface area contributed by atoms with E-state index in [9.17, 15) is 0 Å². The Labute approximate surface area is 351 Å². The van der Waals surface area contributed by atoms with Gasteiger partial charge in [-0.3, -0.25) is 9.98 Å². The molecule has 0 amide bonds. The number of halogens is 2. The van der Waals surface area contributed by atoms with Crippen LogP contribution in [0.3, 0.4) is 0 Å². The number of nitrogens with two attached hydrogens (primary N) is 2. The number of hydrogen-bond donors (Lipinski definition) is 4. The van der Waals surface area contributed by atoms with Crippen LogP contribution in [0.1, 0.15) is 130 Å². The van der Waals surface area contributed by atoms with Crippen LogP contribution >= 0.6 is 24.5 Å². The van der Waals surface area contributed by atoms with E-state index in [1.54, 1.807) is 6.20 Å². The van der Waals surface area contributed by atoms with E-state index in [4.69, 9.17) is 40.5 Å². The number of pyridine rings is 2. The summed E-state index contributed by atoms with van der Waals surface area (Å²) in [6.45, 7) is 34.5. The zero-order valence-corrected chi connectivity index (χ0v) is 39.2. The molecular formula is C44H72ClIN5O2S-. The van der Waals surface area contributed by atoms with Crippen LogP contribution in [0.15, 0.2) is 83.7 Å². The molecule has 10 heteroatoms. The largest absolute Gasteiger partial charge is 0.333 e. The molecule has 306 valence electrons. The topological polar surface area (TPSA) is 120 Å². The molecular weight excluding hydrogens is 825 g/mol. The van der Waals surface area contributed by atoms with Gasteiger partial charge in [0, 0.05) is 58.7 Å². The van der Waals surface area contributed by atoms with Crippen LogP contribution in [0.25, 0.3) is 11.3 Å². The van der Waals surface area contributed by atoms with Gasteiger partial charge >= 0.3 is 30.4 Å². The van der Waals surface area contributed by atoms with Crippen molar-refractivity contribution in [1.82, 2.24) is 9.97 Å². The summed E-state index contributed by atoms with van der Waals surface area (Å²) >= 11 is 9.13. The van der Waals surface area contributed by atoms with Crippen LogP contribution in [0, 0.1) is 18.8 Å². The predicted octanol–water partition coefficient (Wildman–Crippen LogP) is 9.50. The van der Waals surface area contributed by atoms with Gasteiger partial charge in [-0.25, -0.2) is 4.98 Å². The fourth-order valence-corrected chi connectivity index (χ4v) is 5.90. The second-order valence-corrected chi connectivity index (χ2v) is 14.5. The number of nitrogens with zero attached hydrogens (tertiary/aromatic N) is 3. The SMILES string of the molecule is C=C.C=C(C)C(/C=C(C)\C(=N/C(=C\C)C1CC1)C(C)CC)=C/C.CC.CCCC(CN)c1cc2c(c(-c3ccnc(C)c3Cl)n1)OCC2C.C[I-]N.OS. The van der Waals surface area contributed by atoms with Crippen LogP contribution in [0.4, 0.5) is 0 Å². The third-order valence-electron chi connectivity index (χ3n) is 8.89. The number of ether oxygens (including phenoxy) is 1. The second kappa shape index (κ2) is 30.9. The van der Waals surface area contributed by atoms with Gasteiger partial charge in [0.15, 0.2) is 0 Å². The average Bonchev–Trinajstić information content (AvgIpc) is 3.97. The third-order valence-corrected chi connectivity index (χ3v) is 9.37. The van der Waals surface area contributed by atoms with Crippen LogP contribution < -0.4 is 35.9 Å². The minimum absolute atomic E-state index is 0.0900. The van der Waals surface area contributed by atoms with Crippen LogP contribution in [0.2, 0.25) is 5.02 Å². The Morgan fingerprint density at radius 1 is 1.19 bits per heavy atom. The maximum Gasteiger partial charge on any atom is -0.0295 e. The van der Waals surface area contributed by atoms with Crippen molar-refractivity contribution in [2.45, 2.75) is 120 Å². The molecule has 3 heterocycles. The fourth-order valence-electron chi connectivity index (χ4n) is 5.70. The van der Waals surface area contributed by atoms with E-state index in [0.29, 0.717) is 35.9 Å². The Morgan fingerprint density at radius 3 is 2.24 bits per heavy atom. The van der Waals surface area contributed by atoms with Gasteiger partial charge in [-0.05, 0) is 102 Å². The summed E-state index contributed by atoms with van der Waals surface area (Å²) in [5.74, 6) is 2.64. The monoisotopic (exact) mass is 896 g/mol. The summed E-state index contributed by atoms with van der Waals surface area (Å²) in [5, 5.41) is 0.632. The zero-order chi connectivity index (χ0) is 42.0. The van der Waals surface area contributed by atoms with E-state index in [2.05, 4.69) is 117 Å². The maximum absolute atomic E-state index is 6.69. The summed E-state index contributed by atoms with van der Waals surface area (Å²) in [6.07, 6.45) is 14.1. The summed E-state index contributed by atoms with van der Waals surface area (Å²) in [6, 6.07) is 4.08. The molecule has 0 aromatic carbocycles. The molecule has 1 aliphatic heterocycles. The van der Waals surface area contributed by atoms with Crippen LogP contribution in [-0.2, 0) is 0 Å². The van der Waals surface area contributed by atoms with Crippen molar-refractivity contribution >= 4 is 30.2 Å². The summed E-state index contributed by atoms with van der Waals surface area (Å²) in [5.41, 5.74) is 16.8. The molecule has 7 nitrogen and oxygen atoms in total. The van der Waals surface area contributed by atoms with E-state index in [-0.39, 0.29) is 27.4 Å². The molecule has 3 atom stereocenters. The Bertz CT molecular complexity index is 1520. The first-order chi connectivity index (χ1) is 25.9. The molecule has 54 heavy (non-hydrogen) atoms. The summed E-state index contributed by atoms with van der Waals surface area (Å²) in [4.78, 5) is 16.2. The number of aliphatic imine (C=N–C) groups is 1. The number of aromatic nitrogens is 2. The van der Waals surface area contributed by atoms with Crippen molar-refractivity contribution < 1.29 is 30.8 Å². The summed E-state index contributed by atoms with van der Waals surface area (Å²) < 4.78 is 17.6. The molecule has 2 aliphatic rings. The minimum atomic E-state index is 0.0900. The van der Waals surface area contributed by atoms with Crippen molar-refractivity contribution in [3.63, 3.8) is 0 Å². The number of rotatable bonds is 12. The Morgan fingerprint density at radius 2 is 1.78 bits per heavy atom. The Balaban J connectivity index is 0. The number of hydrogen-bond acceptors (Lipinski definition) is 8. The molecule has 1 saturated carbocycles. The van der Waals surface area contributed by atoms with Crippen molar-refractivity contribution in [3.8, 4) is 17.0 Å². The first kappa shape index (κ1) is 53.8. The molecule has 2 aromatic rings. The van der Waals surface area contributed by atoms with Crippen molar-refractivity contribution in [1.29, 1.82) is 0 Å². The van der Waals surface area contributed by atoms with E-state index in [0.717, 1.165) is 53.2 Å². The Hall–Kier alpha value is -2.28. The van der Waals surface area contributed by atoms with Gasteiger partial charge in [0.1, 0.15) is 11.4 Å². The normalized spacial score (nSPS) is 16.1. The van der Waals surface area contributed by atoms with Gasteiger partial charge < -0.3 is 15.0 Å². The number of aryl methyl sites for hydroxylation is 1. The number of fused-ring (bicyclic) bond motifs is 1. The Kier molecular flexibility index (Phi) is 30.8. The second-order valence-electron chi connectivity index (χ2n) is 12.9. The number of allylic oxidation sites excluding steroid dienone is 7. The molecule has 3 unspecified atom stereocenters. The molecule has 5 N–H and O–H groups in total. The molecule has 0 saturated heterocycles.